The highest BCUT2D eigenvalue weighted by Gasteiger charge is 2.37. The molecule has 1 fully saturated rings. The zero-order valence-corrected chi connectivity index (χ0v) is 10.3. The maximum absolute atomic E-state index is 6.21. The van der Waals surface area contributed by atoms with Gasteiger partial charge >= 0.3 is 0 Å². The molecule has 0 amide bonds. The van der Waals surface area contributed by atoms with Crippen molar-refractivity contribution in [3.05, 3.63) is 18.0 Å². The van der Waals surface area contributed by atoms with Crippen molar-refractivity contribution in [2.75, 3.05) is 0 Å². The van der Waals surface area contributed by atoms with E-state index in [1.165, 1.54) is 12.1 Å². The molecule has 2 atom stereocenters. The number of hydrogen-bond donors (Lipinski definition) is 0. The molecule has 84 valence electrons. The predicted octanol–water partition coefficient (Wildman–Crippen LogP) is 3.34. The molecular weight excluding hydrogens is 208 g/mol. The van der Waals surface area contributed by atoms with Gasteiger partial charge in [0.05, 0.1) is 0 Å². The van der Waals surface area contributed by atoms with Crippen molar-refractivity contribution in [3.63, 3.8) is 0 Å². The molecule has 1 aromatic heterocycles. The van der Waals surface area contributed by atoms with Gasteiger partial charge in [0.25, 0.3) is 0 Å². The van der Waals surface area contributed by atoms with E-state index < -0.39 is 0 Å². The van der Waals surface area contributed by atoms with Crippen LogP contribution in [0.1, 0.15) is 45.2 Å². The topological polar surface area (TPSA) is 17.8 Å². The normalized spacial score (nSPS) is 31.0. The van der Waals surface area contributed by atoms with E-state index in [2.05, 4.69) is 29.7 Å². The molecule has 1 heterocycles. The quantitative estimate of drug-likeness (QED) is 0.723. The summed E-state index contributed by atoms with van der Waals surface area (Å²) < 4.78 is 2.15. The van der Waals surface area contributed by atoms with E-state index in [0.717, 1.165) is 25.8 Å². The molecule has 0 aromatic carbocycles. The number of halogens is 1. The largest absolute Gasteiger partial charge is 0.269 e. The standard InChI is InChI=1S/C12H19ClN2/c1-3-8-15-11(5-7-14-15)12(2)6-4-10(13)9-12/h5,7,10H,3-4,6,8-9H2,1-2H3. The highest BCUT2D eigenvalue weighted by Crippen LogP contribution is 2.42. The minimum atomic E-state index is 0.248. The van der Waals surface area contributed by atoms with Crippen LogP contribution >= 0.6 is 11.6 Å². The van der Waals surface area contributed by atoms with Gasteiger partial charge in [-0.15, -0.1) is 11.6 Å². The molecule has 1 aliphatic rings. The number of rotatable bonds is 3. The first kappa shape index (κ1) is 11.0. The molecule has 0 spiro atoms. The number of hydrogen-bond acceptors (Lipinski definition) is 1. The zero-order chi connectivity index (χ0) is 10.9. The van der Waals surface area contributed by atoms with Crippen molar-refractivity contribution in [1.82, 2.24) is 9.78 Å². The smallest absolute Gasteiger partial charge is 0.0492 e. The molecule has 0 bridgehead atoms. The number of nitrogens with zero attached hydrogens (tertiary/aromatic N) is 2. The Bertz CT molecular complexity index is 334. The first-order valence-electron chi connectivity index (χ1n) is 5.82. The van der Waals surface area contributed by atoms with Crippen molar-refractivity contribution < 1.29 is 0 Å². The van der Waals surface area contributed by atoms with E-state index in [-0.39, 0.29) is 5.41 Å². The van der Waals surface area contributed by atoms with Gasteiger partial charge in [0.15, 0.2) is 0 Å². The van der Waals surface area contributed by atoms with Gasteiger partial charge in [-0.25, -0.2) is 0 Å². The minimum Gasteiger partial charge on any atom is -0.269 e. The van der Waals surface area contributed by atoms with Gasteiger partial charge in [0, 0.05) is 29.2 Å². The number of aryl methyl sites for hydroxylation is 1. The van der Waals surface area contributed by atoms with Crippen LogP contribution in [0.15, 0.2) is 12.3 Å². The second-order valence-corrected chi connectivity index (χ2v) is 5.46. The van der Waals surface area contributed by atoms with Gasteiger partial charge in [-0.1, -0.05) is 13.8 Å². The molecule has 1 saturated carbocycles. The highest BCUT2D eigenvalue weighted by atomic mass is 35.5. The van der Waals surface area contributed by atoms with Crippen molar-refractivity contribution in [3.8, 4) is 0 Å². The Kier molecular flexibility index (Phi) is 3.06. The molecule has 15 heavy (non-hydrogen) atoms. The third-order valence-corrected chi connectivity index (χ3v) is 3.82. The fourth-order valence-electron chi connectivity index (χ4n) is 2.64. The van der Waals surface area contributed by atoms with Crippen LogP contribution in [0.5, 0.6) is 0 Å². The van der Waals surface area contributed by atoms with E-state index in [1.807, 2.05) is 6.20 Å². The van der Waals surface area contributed by atoms with Crippen molar-refractivity contribution in [2.24, 2.45) is 0 Å². The second kappa shape index (κ2) is 4.17. The maximum Gasteiger partial charge on any atom is 0.0492 e. The molecule has 0 aliphatic heterocycles. The molecule has 0 N–H and O–H groups in total. The minimum absolute atomic E-state index is 0.248. The molecule has 0 radical (unpaired) electrons. The Morgan fingerprint density at radius 3 is 3.07 bits per heavy atom. The van der Waals surface area contributed by atoms with Crippen LogP contribution in [-0.4, -0.2) is 15.2 Å². The van der Waals surface area contributed by atoms with E-state index in [1.54, 1.807) is 0 Å². The first-order valence-corrected chi connectivity index (χ1v) is 6.26. The second-order valence-electron chi connectivity index (χ2n) is 4.84. The van der Waals surface area contributed by atoms with Gasteiger partial charge in [-0.05, 0) is 31.7 Å². The summed E-state index contributed by atoms with van der Waals surface area (Å²) >= 11 is 6.21. The van der Waals surface area contributed by atoms with Gasteiger partial charge in [-0.3, -0.25) is 4.68 Å². The summed E-state index contributed by atoms with van der Waals surface area (Å²) in [7, 11) is 0. The van der Waals surface area contributed by atoms with Crippen LogP contribution in [0.3, 0.4) is 0 Å². The summed E-state index contributed by atoms with van der Waals surface area (Å²) in [4.78, 5) is 0. The monoisotopic (exact) mass is 226 g/mol. The van der Waals surface area contributed by atoms with Crippen LogP contribution in [0, 0.1) is 0 Å². The Balaban J connectivity index is 2.24. The zero-order valence-electron chi connectivity index (χ0n) is 9.54. The first-order chi connectivity index (χ1) is 7.15. The lowest BCUT2D eigenvalue weighted by Crippen LogP contribution is -2.23. The molecule has 2 unspecified atom stereocenters. The average Bonchev–Trinajstić information content (AvgIpc) is 2.75. The lowest BCUT2D eigenvalue weighted by molar-refractivity contribution is 0.427. The number of aromatic nitrogens is 2. The predicted molar refractivity (Wildman–Crippen MR) is 63.4 cm³/mol. The molecule has 2 rings (SSSR count). The van der Waals surface area contributed by atoms with Crippen molar-refractivity contribution in [1.29, 1.82) is 0 Å². The maximum atomic E-state index is 6.21. The van der Waals surface area contributed by atoms with Gasteiger partial charge in [0.1, 0.15) is 0 Å². The molecule has 1 aromatic rings. The van der Waals surface area contributed by atoms with Crippen LogP contribution in [-0.2, 0) is 12.0 Å². The van der Waals surface area contributed by atoms with Crippen molar-refractivity contribution >= 4 is 11.6 Å². The molecule has 1 aliphatic carbocycles. The summed E-state index contributed by atoms with van der Waals surface area (Å²) in [6, 6.07) is 2.16. The number of alkyl halides is 1. The van der Waals surface area contributed by atoms with Gasteiger partial charge in [0.2, 0.25) is 0 Å². The Morgan fingerprint density at radius 1 is 1.67 bits per heavy atom. The summed E-state index contributed by atoms with van der Waals surface area (Å²) in [6.07, 6.45) is 6.46. The molecule has 2 nitrogen and oxygen atoms in total. The van der Waals surface area contributed by atoms with E-state index in [0.29, 0.717) is 5.38 Å². The SMILES string of the molecule is CCCn1nccc1C1(C)CCC(Cl)C1. The van der Waals surface area contributed by atoms with Crippen LogP contribution in [0.2, 0.25) is 0 Å². The fraction of sp³-hybridized carbons (Fsp3) is 0.750. The Hall–Kier alpha value is -0.500. The third kappa shape index (κ3) is 2.05. The molecular formula is C12H19ClN2. The van der Waals surface area contributed by atoms with Gasteiger partial charge < -0.3 is 0 Å². The third-order valence-electron chi connectivity index (χ3n) is 3.45. The average molecular weight is 227 g/mol. The summed E-state index contributed by atoms with van der Waals surface area (Å²) in [6.45, 7) is 5.52. The summed E-state index contributed by atoms with van der Waals surface area (Å²) in [5.74, 6) is 0. The lowest BCUT2D eigenvalue weighted by atomic mass is 9.85. The Labute approximate surface area is 96.6 Å². The van der Waals surface area contributed by atoms with Crippen LogP contribution in [0.4, 0.5) is 0 Å². The van der Waals surface area contributed by atoms with E-state index in [4.69, 9.17) is 11.6 Å². The van der Waals surface area contributed by atoms with E-state index >= 15 is 0 Å². The van der Waals surface area contributed by atoms with Crippen molar-refractivity contribution in [2.45, 2.75) is 56.9 Å². The lowest BCUT2D eigenvalue weighted by Gasteiger charge is -2.24. The van der Waals surface area contributed by atoms with Gasteiger partial charge in [-0.2, -0.15) is 5.10 Å². The Morgan fingerprint density at radius 2 is 2.47 bits per heavy atom. The molecule has 3 heteroatoms. The molecule has 0 saturated heterocycles. The van der Waals surface area contributed by atoms with Crippen LogP contribution in [0.25, 0.3) is 0 Å². The fourth-order valence-corrected chi connectivity index (χ4v) is 3.09. The highest BCUT2D eigenvalue weighted by molar-refractivity contribution is 6.20. The summed E-state index contributed by atoms with van der Waals surface area (Å²) in [5, 5.41) is 4.74. The van der Waals surface area contributed by atoms with E-state index in [9.17, 15) is 0 Å². The van der Waals surface area contributed by atoms with Crippen LogP contribution < -0.4 is 0 Å². The summed E-state index contributed by atoms with van der Waals surface area (Å²) in [5.41, 5.74) is 1.62.